The minimum atomic E-state index is -0.920. The van der Waals surface area contributed by atoms with Crippen molar-refractivity contribution >= 4 is 40.1 Å². The molecule has 7 nitrogen and oxygen atoms in total. The second kappa shape index (κ2) is 8.46. The molecule has 0 saturated heterocycles. The normalized spacial score (nSPS) is 12.2. The quantitative estimate of drug-likeness (QED) is 0.361. The third-order valence-electron chi connectivity index (χ3n) is 3.86. The molecule has 0 aliphatic carbocycles. The zero-order chi connectivity index (χ0) is 19.2. The number of nitrogens with zero attached hydrogens (tertiary/aromatic N) is 4. The number of methoxy groups -OCH3 is 1. The summed E-state index contributed by atoms with van der Waals surface area (Å²) >= 11 is 5.92. The minimum Gasteiger partial charge on any atom is -0.463 e. The van der Waals surface area contributed by atoms with Crippen LogP contribution >= 0.6 is 11.6 Å². The highest BCUT2D eigenvalue weighted by Crippen LogP contribution is 2.27. The molecule has 0 spiro atoms. The molecule has 2 aromatic carbocycles. The lowest BCUT2D eigenvalue weighted by molar-refractivity contribution is -0.151. The Bertz CT molecular complexity index is 1000. The summed E-state index contributed by atoms with van der Waals surface area (Å²) < 4.78 is 4.49. The van der Waals surface area contributed by atoms with Crippen molar-refractivity contribution in [3.63, 3.8) is 0 Å². The lowest BCUT2D eigenvalue weighted by Gasteiger charge is -2.10. The number of ketones is 1. The highest BCUT2D eigenvalue weighted by Gasteiger charge is 2.22. The van der Waals surface area contributed by atoms with Crippen LogP contribution in [0, 0.1) is 0 Å². The number of halogens is 1. The molecule has 27 heavy (non-hydrogen) atoms. The van der Waals surface area contributed by atoms with Gasteiger partial charge in [0.2, 0.25) is 5.78 Å². The number of ether oxygens (including phenoxy) is 1. The zero-order valence-electron chi connectivity index (χ0n) is 14.4. The Morgan fingerprint density at radius 1 is 1.11 bits per heavy atom. The second-order valence-corrected chi connectivity index (χ2v) is 6.05. The number of esters is 1. The lowest BCUT2D eigenvalue weighted by Crippen LogP contribution is -2.17. The Morgan fingerprint density at radius 3 is 2.59 bits per heavy atom. The number of benzene rings is 2. The molecule has 1 heterocycles. The highest BCUT2D eigenvalue weighted by molar-refractivity contribution is 6.33. The molecule has 3 rings (SSSR count). The van der Waals surface area contributed by atoms with Crippen LogP contribution in [-0.4, -0.2) is 28.8 Å². The van der Waals surface area contributed by atoms with Gasteiger partial charge in [-0.1, -0.05) is 35.9 Å². The lowest BCUT2D eigenvalue weighted by atomic mass is 10.0. The van der Waals surface area contributed by atoms with E-state index in [1.54, 1.807) is 24.3 Å². The molecule has 0 saturated carbocycles. The summed E-state index contributed by atoms with van der Waals surface area (Å²) in [5.74, 6) is -1.23. The van der Waals surface area contributed by atoms with E-state index in [1.165, 1.54) is 6.33 Å². The number of fused-ring (bicyclic) bond motifs is 1. The minimum absolute atomic E-state index is 0.180. The van der Waals surface area contributed by atoms with Gasteiger partial charge in [-0.25, -0.2) is 14.8 Å². The fourth-order valence-corrected chi connectivity index (χ4v) is 2.60. The molecule has 0 amide bonds. The Hall–Kier alpha value is -3.19. The van der Waals surface area contributed by atoms with Crippen LogP contribution in [0.5, 0.6) is 0 Å². The number of para-hydroxylation sites is 1. The number of carbonyl (C=O) groups excluding carboxylic acids is 2. The summed E-state index contributed by atoms with van der Waals surface area (Å²) in [6, 6.07) is 13.5. The number of hydrogen-bond acceptors (Lipinski definition) is 7. The second-order valence-electron chi connectivity index (χ2n) is 5.62. The van der Waals surface area contributed by atoms with Crippen LogP contribution in [-0.2, 0) is 14.3 Å². The molecular formula is C19H15ClN4O3. The molecule has 0 N–H and O–H groups in total. The summed E-state index contributed by atoms with van der Waals surface area (Å²) in [4.78, 5) is 31.8. The Morgan fingerprint density at radius 2 is 1.85 bits per heavy atom. The highest BCUT2D eigenvalue weighted by atomic mass is 35.5. The average Bonchev–Trinajstić information content (AvgIpc) is 2.71. The van der Waals surface area contributed by atoms with Gasteiger partial charge in [0.25, 0.3) is 0 Å². The first-order valence-corrected chi connectivity index (χ1v) is 8.43. The van der Waals surface area contributed by atoms with Gasteiger partial charge >= 0.3 is 5.97 Å². The van der Waals surface area contributed by atoms with Gasteiger partial charge in [0.15, 0.2) is 5.82 Å². The molecule has 0 radical (unpaired) electrons. The maximum Gasteiger partial charge on any atom is 0.374 e. The van der Waals surface area contributed by atoms with Crippen molar-refractivity contribution in [3.8, 4) is 0 Å². The monoisotopic (exact) mass is 382 g/mol. The van der Waals surface area contributed by atoms with Crippen LogP contribution in [0.4, 0.5) is 5.82 Å². The van der Waals surface area contributed by atoms with Crippen LogP contribution in [0.15, 0.2) is 65.1 Å². The Kier molecular flexibility index (Phi) is 5.83. The summed E-state index contributed by atoms with van der Waals surface area (Å²) in [7, 11) is 1.16. The first-order valence-electron chi connectivity index (χ1n) is 8.05. The van der Waals surface area contributed by atoms with Crippen molar-refractivity contribution < 1.29 is 14.3 Å². The Balaban J connectivity index is 1.94. The molecular weight excluding hydrogens is 368 g/mol. The van der Waals surface area contributed by atoms with Crippen LogP contribution in [0.2, 0.25) is 5.02 Å². The number of azo groups is 1. The van der Waals surface area contributed by atoms with Gasteiger partial charge in [-0.15, -0.1) is 5.11 Å². The van der Waals surface area contributed by atoms with E-state index in [2.05, 4.69) is 24.9 Å². The fourth-order valence-electron chi connectivity index (χ4n) is 2.48. The summed E-state index contributed by atoms with van der Waals surface area (Å²) in [5, 5.41) is 9.76. The number of rotatable bonds is 6. The molecule has 8 heteroatoms. The molecule has 136 valence electrons. The summed E-state index contributed by atoms with van der Waals surface area (Å²) in [5.41, 5.74) is 1.42. The van der Waals surface area contributed by atoms with Gasteiger partial charge in [-0.05, 0) is 29.8 Å². The number of aromatic nitrogens is 2. The van der Waals surface area contributed by atoms with E-state index < -0.39 is 17.8 Å². The van der Waals surface area contributed by atoms with Crippen molar-refractivity contribution in [3.05, 3.63) is 65.4 Å². The standard InChI is InChI=1S/C19H15ClN4O3/c1-27-19(26)17(25)10-16(12-6-8-13(20)9-7-12)23-24-18-14-4-2-3-5-15(14)21-11-22-18/h2-9,11,16H,10H2,1H3. The van der Waals surface area contributed by atoms with Gasteiger partial charge in [0.1, 0.15) is 12.4 Å². The molecule has 0 bridgehead atoms. The van der Waals surface area contributed by atoms with Crippen molar-refractivity contribution in [1.82, 2.24) is 9.97 Å². The maximum absolute atomic E-state index is 12.0. The largest absolute Gasteiger partial charge is 0.463 e. The van der Waals surface area contributed by atoms with Crippen molar-refractivity contribution in [2.24, 2.45) is 10.2 Å². The van der Waals surface area contributed by atoms with E-state index in [1.807, 2.05) is 24.3 Å². The van der Waals surface area contributed by atoms with E-state index >= 15 is 0 Å². The van der Waals surface area contributed by atoms with Gasteiger partial charge in [0.05, 0.1) is 12.6 Å². The van der Waals surface area contributed by atoms with Gasteiger partial charge < -0.3 is 4.74 Å². The summed E-state index contributed by atoms with van der Waals surface area (Å²) in [6.07, 6.45) is 1.22. The predicted molar refractivity (Wildman–Crippen MR) is 99.9 cm³/mol. The number of Topliss-reactive ketones (excluding diaryl/α,β-unsaturated/α-hetero) is 1. The maximum atomic E-state index is 12.0. The molecule has 1 unspecified atom stereocenters. The molecule has 0 aliphatic heterocycles. The van der Waals surface area contributed by atoms with E-state index in [-0.39, 0.29) is 6.42 Å². The first-order chi connectivity index (χ1) is 13.1. The summed E-state index contributed by atoms with van der Waals surface area (Å²) in [6.45, 7) is 0. The number of hydrogen-bond donors (Lipinski definition) is 0. The van der Waals surface area contributed by atoms with Crippen molar-refractivity contribution in [2.45, 2.75) is 12.5 Å². The smallest absolute Gasteiger partial charge is 0.374 e. The zero-order valence-corrected chi connectivity index (χ0v) is 15.1. The topological polar surface area (TPSA) is 93.9 Å². The van der Waals surface area contributed by atoms with E-state index in [0.29, 0.717) is 16.4 Å². The van der Waals surface area contributed by atoms with Crippen LogP contribution in [0.3, 0.4) is 0 Å². The van der Waals surface area contributed by atoms with Gasteiger partial charge in [0, 0.05) is 16.8 Å². The van der Waals surface area contributed by atoms with Crippen molar-refractivity contribution in [2.75, 3.05) is 7.11 Å². The molecule has 3 aromatic rings. The third-order valence-corrected chi connectivity index (χ3v) is 4.11. The average molecular weight is 383 g/mol. The Labute approximate surface area is 160 Å². The number of carbonyl (C=O) groups is 2. The van der Waals surface area contributed by atoms with E-state index in [0.717, 1.165) is 18.0 Å². The molecule has 0 aliphatic rings. The predicted octanol–water partition coefficient (Wildman–Crippen LogP) is 4.24. The molecule has 1 atom stereocenters. The van der Waals surface area contributed by atoms with Gasteiger partial charge in [-0.2, -0.15) is 5.11 Å². The first kappa shape index (κ1) is 18.6. The van der Waals surface area contributed by atoms with Crippen LogP contribution in [0.1, 0.15) is 18.0 Å². The van der Waals surface area contributed by atoms with Crippen LogP contribution < -0.4 is 0 Å². The third kappa shape index (κ3) is 4.51. The van der Waals surface area contributed by atoms with Crippen molar-refractivity contribution in [1.29, 1.82) is 0 Å². The van der Waals surface area contributed by atoms with Crippen LogP contribution in [0.25, 0.3) is 10.9 Å². The molecule has 0 fully saturated rings. The molecule has 1 aromatic heterocycles. The van der Waals surface area contributed by atoms with E-state index in [4.69, 9.17) is 11.6 Å². The SMILES string of the molecule is COC(=O)C(=O)CC(N=Nc1ncnc2ccccc12)c1ccc(Cl)cc1. The van der Waals surface area contributed by atoms with E-state index in [9.17, 15) is 9.59 Å². The fraction of sp³-hybridized carbons (Fsp3) is 0.158. The van der Waals surface area contributed by atoms with Gasteiger partial charge in [-0.3, -0.25) is 4.79 Å².